The van der Waals surface area contributed by atoms with Crippen LogP contribution in [-0.2, 0) is 15.8 Å². The number of para-hydroxylation sites is 1. The number of sulfonamides is 1. The maximum absolute atomic E-state index is 12.5. The Hall–Kier alpha value is -2.13. The highest BCUT2D eigenvalue weighted by Crippen LogP contribution is 2.30. The topological polar surface area (TPSA) is 87.2 Å². The Morgan fingerprint density at radius 3 is 2.31 bits per heavy atom. The molecule has 4 rings (SSSR count). The van der Waals surface area contributed by atoms with E-state index in [1.807, 2.05) is 43.3 Å². The Balaban J connectivity index is 1.25. The van der Waals surface area contributed by atoms with Gasteiger partial charge in [0.15, 0.2) is 0 Å². The third-order valence-corrected chi connectivity index (χ3v) is 8.51. The molecule has 2 N–H and O–H groups in total. The van der Waals surface area contributed by atoms with E-state index in [1.54, 1.807) is 18.2 Å². The number of benzene rings is 2. The first-order valence-corrected chi connectivity index (χ1v) is 14.2. The maximum atomic E-state index is 12.5. The Morgan fingerprint density at radius 1 is 0.943 bits per heavy atom. The van der Waals surface area contributed by atoms with Gasteiger partial charge in [-0.05, 0) is 67.3 Å². The number of hydrogen-bond acceptors (Lipinski definition) is 6. The fourth-order valence-electron chi connectivity index (χ4n) is 4.50. The number of hydrogen-bond donors (Lipinski definition) is 2. The lowest BCUT2D eigenvalue weighted by molar-refractivity contribution is 0.284. The number of halogens is 2. The summed E-state index contributed by atoms with van der Waals surface area (Å²) in [6, 6.07) is 12.9. The molecule has 7 nitrogen and oxygen atoms in total. The highest BCUT2D eigenvalue weighted by Gasteiger charge is 2.23. The van der Waals surface area contributed by atoms with E-state index < -0.39 is 10.0 Å². The van der Waals surface area contributed by atoms with Crippen LogP contribution in [-0.4, -0.2) is 45.6 Å². The fourth-order valence-corrected chi connectivity index (χ4v) is 6.03. The van der Waals surface area contributed by atoms with Gasteiger partial charge in [-0.2, -0.15) is 4.98 Å². The lowest BCUT2D eigenvalue weighted by atomic mass is 9.82. The van der Waals surface area contributed by atoms with Crippen LogP contribution in [0.25, 0.3) is 10.9 Å². The average Bonchev–Trinajstić information content (AvgIpc) is 2.83. The van der Waals surface area contributed by atoms with E-state index in [4.69, 9.17) is 28.2 Å². The number of nitrogens with one attached hydrogen (secondary N) is 2. The molecule has 3 aromatic rings. The van der Waals surface area contributed by atoms with E-state index in [-0.39, 0.29) is 5.75 Å². The molecule has 188 valence electrons. The van der Waals surface area contributed by atoms with Crippen LogP contribution < -0.4 is 14.9 Å². The van der Waals surface area contributed by atoms with Crippen LogP contribution in [0.5, 0.6) is 0 Å². The van der Waals surface area contributed by atoms with Crippen molar-refractivity contribution in [3.8, 4) is 0 Å². The summed E-state index contributed by atoms with van der Waals surface area (Å²) in [7, 11) is 0.532. The summed E-state index contributed by atoms with van der Waals surface area (Å²) in [6.07, 6.45) is 4.06. The second kappa shape index (κ2) is 11.3. The monoisotopic (exact) mass is 535 g/mol. The standard InChI is InChI=1S/C25H31Cl2N5O2S/c1-32(2)24-20-5-3-4-6-23(20)30-25(31-24)28-14-17-7-9-18(10-8-17)15-29-35(33,34)16-19-11-12-21(26)22(27)13-19/h3-6,11-13,17-18,29H,7-10,14-16H2,1-2H3,(H,28,30,31). The minimum Gasteiger partial charge on any atom is -0.362 e. The molecule has 1 aromatic heterocycles. The van der Waals surface area contributed by atoms with Crippen molar-refractivity contribution in [1.29, 1.82) is 0 Å². The van der Waals surface area contributed by atoms with E-state index in [0.29, 0.717) is 39.9 Å². The molecular formula is C25H31Cl2N5O2S. The lowest BCUT2D eigenvalue weighted by Gasteiger charge is -2.28. The van der Waals surface area contributed by atoms with Gasteiger partial charge in [0.25, 0.3) is 0 Å². The van der Waals surface area contributed by atoms with Gasteiger partial charge in [0.05, 0.1) is 21.3 Å². The van der Waals surface area contributed by atoms with Crippen molar-refractivity contribution in [2.75, 3.05) is 37.4 Å². The summed E-state index contributed by atoms with van der Waals surface area (Å²) in [5.74, 6) is 2.28. The van der Waals surface area contributed by atoms with Crippen LogP contribution in [0, 0.1) is 11.8 Å². The number of nitrogens with zero attached hydrogens (tertiary/aromatic N) is 3. The van der Waals surface area contributed by atoms with E-state index >= 15 is 0 Å². The van der Waals surface area contributed by atoms with Crippen molar-refractivity contribution in [3.63, 3.8) is 0 Å². The van der Waals surface area contributed by atoms with Gasteiger partial charge in [-0.15, -0.1) is 0 Å². The molecule has 1 fully saturated rings. The van der Waals surface area contributed by atoms with Gasteiger partial charge in [0, 0.05) is 32.6 Å². The van der Waals surface area contributed by atoms with Crippen molar-refractivity contribution >= 4 is 55.9 Å². The molecule has 1 aliphatic rings. The zero-order valence-corrected chi connectivity index (χ0v) is 22.3. The lowest BCUT2D eigenvalue weighted by Crippen LogP contribution is -2.33. The van der Waals surface area contributed by atoms with Crippen LogP contribution in [0.4, 0.5) is 11.8 Å². The van der Waals surface area contributed by atoms with Crippen molar-refractivity contribution in [1.82, 2.24) is 14.7 Å². The molecule has 0 aliphatic heterocycles. The smallest absolute Gasteiger partial charge is 0.225 e. The Morgan fingerprint density at radius 2 is 1.63 bits per heavy atom. The van der Waals surface area contributed by atoms with E-state index in [0.717, 1.165) is 48.9 Å². The minimum absolute atomic E-state index is 0.107. The van der Waals surface area contributed by atoms with E-state index in [1.165, 1.54) is 0 Å². The Bertz CT molecular complexity index is 1280. The van der Waals surface area contributed by atoms with Gasteiger partial charge in [-0.3, -0.25) is 0 Å². The van der Waals surface area contributed by atoms with E-state index in [9.17, 15) is 8.42 Å². The molecule has 1 heterocycles. The molecule has 1 saturated carbocycles. The maximum Gasteiger partial charge on any atom is 0.225 e. The number of aromatic nitrogens is 2. The Kier molecular flexibility index (Phi) is 8.37. The van der Waals surface area contributed by atoms with Crippen LogP contribution >= 0.6 is 23.2 Å². The van der Waals surface area contributed by atoms with Gasteiger partial charge in [0.2, 0.25) is 16.0 Å². The third-order valence-electron chi connectivity index (χ3n) is 6.45. The fraction of sp³-hybridized carbons (Fsp3) is 0.440. The molecule has 0 saturated heterocycles. The molecule has 0 spiro atoms. The SMILES string of the molecule is CN(C)c1nc(NCC2CCC(CNS(=O)(=O)Cc3ccc(Cl)c(Cl)c3)CC2)nc2ccccc12. The molecule has 0 radical (unpaired) electrons. The second-order valence-corrected chi connectivity index (χ2v) is 12.0. The van der Waals surface area contributed by atoms with Gasteiger partial charge in [0.1, 0.15) is 5.82 Å². The van der Waals surface area contributed by atoms with Crippen molar-refractivity contribution in [2.24, 2.45) is 11.8 Å². The minimum atomic E-state index is -3.44. The normalized spacial score (nSPS) is 18.5. The summed E-state index contributed by atoms with van der Waals surface area (Å²) in [6.45, 7) is 1.27. The first-order chi connectivity index (χ1) is 16.7. The largest absolute Gasteiger partial charge is 0.362 e. The van der Waals surface area contributed by atoms with Gasteiger partial charge >= 0.3 is 0 Å². The van der Waals surface area contributed by atoms with Crippen LogP contribution in [0.1, 0.15) is 31.2 Å². The van der Waals surface area contributed by atoms with Crippen LogP contribution in [0.15, 0.2) is 42.5 Å². The molecule has 35 heavy (non-hydrogen) atoms. The first-order valence-electron chi connectivity index (χ1n) is 11.8. The van der Waals surface area contributed by atoms with Crippen molar-refractivity contribution < 1.29 is 8.42 Å². The summed E-state index contributed by atoms with van der Waals surface area (Å²) >= 11 is 11.9. The zero-order chi connectivity index (χ0) is 25.0. The first kappa shape index (κ1) is 25.9. The molecular weight excluding hydrogens is 505 g/mol. The summed E-state index contributed by atoms with van der Waals surface area (Å²) < 4.78 is 27.8. The van der Waals surface area contributed by atoms with Crippen molar-refractivity contribution in [3.05, 3.63) is 58.1 Å². The number of rotatable bonds is 9. The van der Waals surface area contributed by atoms with Gasteiger partial charge in [-0.25, -0.2) is 18.1 Å². The van der Waals surface area contributed by atoms with Crippen LogP contribution in [0.2, 0.25) is 10.0 Å². The summed E-state index contributed by atoms with van der Waals surface area (Å²) in [5.41, 5.74) is 1.54. The molecule has 0 bridgehead atoms. The molecule has 0 unspecified atom stereocenters. The predicted molar refractivity (Wildman–Crippen MR) is 145 cm³/mol. The van der Waals surface area contributed by atoms with Gasteiger partial charge in [-0.1, -0.05) is 41.4 Å². The molecule has 10 heteroatoms. The highest BCUT2D eigenvalue weighted by molar-refractivity contribution is 7.88. The average molecular weight is 537 g/mol. The highest BCUT2D eigenvalue weighted by atomic mass is 35.5. The summed E-state index contributed by atoms with van der Waals surface area (Å²) in [5, 5.41) is 5.23. The number of fused-ring (bicyclic) bond motifs is 1. The molecule has 0 atom stereocenters. The quantitative estimate of drug-likeness (QED) is 0.384. The molecule has 2 aromatic carbocycles. The second-order valence-electron chi connectivity index (χ2n) is 9.41. The summed E-state index contributed by atoms with van der Waals surface area (Å²) in [4.78, 5) is 11.4. The van der Waals surface area contributed by atoms with Gasteiger partial charge < -0.3 is 10.2 Å². The molecule has 1 aliphatic carbocycles. The van der Waals surface area contributed by atoms with Crippen molar-refractivity contribution in [2.45, 2.75) is 31.4 Å². The Labute approximate surface area is 217 Å². The zero-order valence-electron chi connectivity index (χ0n) is 20.0. The molecule has 0 amide bonds. The number of anilines is 2. The van der Waals surface area contributed by atoms with Crippen LogP contribution in [0.3, 0.4) is 0 Å². The third kappa shape index (κ3) is 6.97. The predicted octanol–water partition coefficient (Wildman–Crippen LogP) is 5.34. The van der Waals surface area contributed by atoms with E-state index in [2.05, 4.69) is 15.0 Å².